The van der Waals surface area contributed by atoms with Gasteiger partial charge in [0.15, 0.2) is 0 Å². The molecule has 0 aliphatic carbocycles. The number of ether oxygens (including phenoxy) is 1. The molecular formula is C11H18N2O3S. The molecule has 0 saturated heterocycles. The summed E-state index contributed by atoms with van der Waals surface area (Å²) in [5, 5.41) is 8.25. The van der Waals surface area contributed by atoms with Crippen LogP contribution in [-0.4, -0.2) is 28.5 Å². The number of carbonyl (C=O) groups excluding carboxylic acids is 1. The van der Waals surface area contributed by atoms with Gasteiger partial charge >= 0.3 is 5.97 Å². The maximum absolute atomic E-state index is 11.0. The van der Waals surface area contributed by atoms with E-state index < -0.39 is 0 Å². The first-order valence-corrected chi connectivity index (χ1v) is 6.79. The smallest absolute Gasteiger partial charge is 0.305 e. The summed E-state index contributed by atoms with van der Waals surface area (Å²) >= 11 is 1.55. The molecule has 0 bridgehead atoms. The highest BCUT2D eigenvalue weighted by Crippen LogP contribution is 2.17. The molecule has 0 aromatic carbocycles. The minimum Gasteiger partial charge on any atom is -0.466 e. The number of unbranched alkanes of at least 4 members (excludes halogenated alkanes) is 2. The van der Waals surface area contributed by atoms with Crippen molar-refractivity contribution in [3.63, 3.8) is 0 Å². The van der Waals surface area contributed by atoms with E-state index >= 15 is 0 Å². The number of hydrogen-bond donors (Lipinski definition) is 0. The van der Waals surface area contributed by atoms with E-state index in [1.807, 2.05) is 6.92 Å². The summed E-state index contributed by atoms with van der Waals surface area (Å²) in [5.41, 5.74) is 0. The molecule has 0 N–H and O–H groups in total. The van der Waals surface area contributed by atoms with E-state index in [0.717, 1.165) is 25.0 Å². The van der Waals surface area contributed by atoms with Gasteiger partial charge in [0.1, 0.15) is 0 Å². The second-order valence-corrected chi connectivity index (χ2v) is 4.60. The molecule has 0 unspecified atom stereocenters. The molecule has 0 spiro atoms. The first-order valence-electron chi connectivity index (χ1n) is 5.81. The van der Waals surface area contributed by atoms with Gasteiger partial charge in [-0.25, -0.2) is 0 Å². The summed E-state index contributed by atoms with van der Waals surface area (Å²) in [4.78, 5) is 11.0. The van der Waals surface area contributed by atoms with Gasteiger partial charge in [-0.3, -0.25) is 4.79 Å². The van der Waals surface area contributed by atoms with Gasteiger partial charge in [0.25, 0.3) is 5.22 Å². The number of nitrogens with zero attached hydrogens (tertiary/aromatic N) is 2. The molecule has 0 fully saturated rings. The standard InChI is InChI=1S/C11H18N2O3S/c1-3-15-10(14)7-5-4-6-8-17-11-13-12-9(2)16-11/h3-8H2,1-2H3. The molecule has 6 heteroatoms. The van der Waals surface area contributed by atoms with E-state index in [-0.39, 0.29) is 5.97 Å². The van der Waals surface area contributed by atoms with Crippen LogP contribution in [0.15, 0.2) is 9.64 Å². The maximum atomic E-state index is 11.0. The number of thioether (sulfide) groups is 1. The second-order valence-electron chi connectivity index (χ2n) is 3.55. The summed E-state index contributed by atoms with van der Waals surface area (Å²) in [7, 11) is 0. The quantitative estimate of drug-likeness (QED) is 0.405. The Kier molecular flexibility index (Phi) is 6.69. The van der Waals surface area contributed by atoms with Crippen molar-refractivity contribution in [2.24, 2.45) is 0 Å². The predicted molar refractivity (Wildman–Crippen MR) is 64.9 cm³/mol. The average Bonchev–Trinajstić information content (AvgIpc) is 2.70. The van der Waals surface area contributed by atoms with E-state index in [9.17, 15) is 4.79 Å². The fourth-order valence-electron chi connectivity index (χ4n) is 1.28. The second kappa shape index (κ2) is 8.11. The van der Waals surface area contributed by atoms with Gasteiger partial charge in [0, 0.05) is 19.1 Å². The molecule has 96 valence electrons. The van der Waals surface area contributed by atoms with Crippen LogP contribution in [-0.2, 0) is 9.53 Å². The van der Waals surface area contributed by atoms with Gasteiger partial charge in [-0.15, -0.1) is 10.2 Å². The van der Waals surface area contributed by atoms with Crippen molar-refractivity contribution < 1.29 is 13.9 Å². The monoisotopic (exact) mass is 258 g/mol. The van der Waals surface area contributed by atoms with Crippen molar-refractivity contribution in [2.75, 3.05) is 12.4 Å². The lowest BCUT2D eigenvalue weighted by Crippen LogP contribution is -2.03. The van der Waals surface area contributed by atoms with Gasteiger partial charge < -0.3 is 9.15 Å². The number of esters is 1. The number of carbonyl (C=O) groups is 1. The third-order valence-corrected chi connectivity index (χ3v) is 2.97. The van der Waals surface area contributed by atoms with Crippen LogP contribution in [0, 0.1) is 6.92 Å². The van der Waals surface area contributed by atoms with Gasteiger partial charge in [-0.1, -0.05) is 18.2 Å². The van der Waals surface area contributed by atoms with Crippen molar-refractivity contribution in [3.05, 3.63) is 5.89 Å². The molecule has 17 heavy (non-hydrogen) atoms. The minimum absolute atomic E-state index is 0.104. The summed E-state index contributed by atoms with van der Waals surface area (Å²) in [6, 6.07) is 0. The van der Waals surface area contributed by atoms with E-state index in [0.29, 0.717) is 24.1 Å². The minimum atomic E-state index is -0.104. The lowest BCUT2D eigenvalue weighted by Gasteiger charge is -2.01. The van der Waals surface area contributed by atoms with Crippen LogP contribution in [0.3, 0.4) is 0 Å². The SMILES string of the molecule is CCOC(=O)CCCCCSc1nnc(C)o1. The summed E-state index contributed by atoms with van der Waals surface area (Å²) in [5.74, 6) is 1.42. The predicted octanol–water partition coefficient (Wildman–Crippen LogP) is 2.59. The first kappa shape index (κ1) is 14.0. The molecule has 1 aromatic rings. The Hall–Kier alpha value is -1.04. The third-order valence-electron chi connectivity index (χ3n) is 2.06. The third kappa shape index (κ3) is 6.31. The zero-order valence-electron chi connectivity index (χ0n) is 10.3. The van der Waals surface area contributed by atoms with Gasteiger partial charge in [0.05, 0.1) is 6.61 Å². The van der Waals surface area contributed by atoms with Crippen molar-refractivity contribution >= 4 is 17.7 Å². The highest BCUT2D eigenvalue weighted by Gasteiger charge is 2.03. The van der Waals surface area contributed by atoms with Crippen LogP contribution in [0.1, 0.15) is 38.5 Å². The fourth-order valence-corrected chi connectivity index (χ4v) is 2.08. The molecule has 0 atom stereocenters. The lowest BCUT2D eigenvalue weighted by atomic mass is 10.2. The van der Waals surface area contributed by atoms with Crippen molar-refractivity contribution in [1.82, 2.24) is 10.2 Å². The van der Waals surface area contributed by atoms with Crippen LogP contribution in [0.2, 0.25) is 0 Å². The lowest BCUT2D eigenvalue weighted by molar-refractivity contribution is -0.143. The molecule has 0 radical (unpaired) electrons. The van der Waals surface area contributed by atoms with Crippen LogP contribution >= 0.6 is 11.8 Å². The summed E-state index contributed by atoms with van der Waals surface area (Å²) in [6.45, 7) is 4.06. The molecule has 1 aromatic heterocycles. The van der Waals surface area contributed by atoms with Crippen LogP contribution in [0.5, 0.6) is 0 Å². The molecule has 5 nitrogen and oxygen atoms in total. The number of hydrogen-bond acceptors (Lipinski definition) is 6. The highest BCUT2D eigenvalue weighted by molar-refractivity contribution is 7.99. The molecule has 1 heterocycles. The molecule has 0 saturated carbocycles. The number of aromatic nitrogens is 2. The fraction of sp³-hybridized carbons (Fsp3) is 0.727. The first-order chi connectivity index (χ1) is 8.22. The zero-order valence-corrected chi connectivity index (χ0v) is 11.1. The number of rotatable bonds is 8. The zero-order chi connectivity index (χ0) is 12.5. The Morgan fingerprint density at radius 1 is 1.35 bits per heavy atom. The van der Waals surface area contributed by atoms with E-state index in [4.69, 9.17) is 9.15 Å². The van der Waals surface area contributed by atoms with Gasteiger partial charge in [0.2, 0.25) is 5.89 Å². The molecular weight excluding hydrogens is 240 g/mol. The Morgan fingerprint density at radius 2 is 2.18 bits per heavy atom. The van der Waals surface area contributed by atoms with E-state index in [2.05, 4.69) is 10.2 Å². The summed E-state index contributed by atoms with van der Waals surface area (Å²) in [6.07, 6.45) is 3.44. The summed E-state index contributed by atoms with van der Waals surface area (Å²) < 4.78 is 10.1. The van der Waals surface area contributed by atoms with Crippen molar-refractivity contribution in [1.29, 1.82) is 0 Å². The van der Waals surface area contributed by atoms with Crippen molar-refractivity contribution in [3.8, 4) is 0 Å². The Balaban J connectivity index is 1.96. The molecule has 0 aliphatic heterocycles. The van der Waals surface area contributed by atoms with Crippen LogP contribution in [0.25, 0.3) is 0 Å². The normalized spacial score (nSPS) is 10.5. The van der Waals surface area contributed by atoms with Gasteiger partial charge in [-0.05, 0) is 19.8 Å². The van der Waals surface area contributed by atoms with Crippen LogP contribution in [0.4, 0.5) is 0 Å². The van der Waals surface area contributed by atoms with Gasteiger partial charge in [-0.2, -0.15) is 0 Å². The Morgan fingerprint density at radius 3 is 2.82 bits per heavy atom. The largest absolute Gasteiger partial charge is 0.466 e. The van der Waals surface area contributed by atoms with Crippen molar-refractivity contribution in [2.45, 2.75) is 44.8 Å². The van der Waals surface area contributed by atoms with Crippen LogP contribution < -0.4 is 0 Å². The molecule has 0 amide bonds. The Bertz CT molecular complexity index is 341. The molecule has 0 aliphatic rings. The highest BCUT2D eigenvalue weighted by atomic mass is 32.2. The topological polar surface area (TPSA) is 65.2 Å². The molecule has 1 rings (SSSR count). The maximum Gasteiger partial charge on any atom is 0.305 e. The van der Waals surface area contributed by atoms with E-state index in [1.165, 1.54) is 0 Å². The number of aryl methyl sites for hydroxylation is 1. The van der Waals surface area contributed by atoms with E-state index in [1.54, 1.807) is 18.7 Å². The Labute approximate surface area is 105 Å². The average molecular weight is 258 g/mol.